The van der Waals surface area contributed by atoms with Gasteiger partial charge in [-0.1, -0.05) is 92.2 Å². The average Bonchev–Trinajstić information content (AvgIpc) is 3.80. The van der Waals surface area contributed by atoms with Gasteiger partial charge >= 0.3 is 0 Å². The van der Waals surface area contributed by atoms with Crippen molar-refractivity contribution < 1.29 is 54.5 Å². The smallest absolute Gasteiger partial charge is 0.294 e. The monoisotopic (exact) mass is 1020 g/mol. The van der Waals surface area contributed by atoms with Crippen molar-refractivity contribution in [1.82, 2.24) is 0 Å². The molecule has 18 heteroatoms. The summed E-state index contributed by atoms with van der Waals surface area (Å²) >= 11 is -2.71. The molecule has 16 nitrogen and oxygen atoms in total. The van der Waals surface area contributed by atoms with Crippen LogP contribution in [0.2, 0.25) is 0 Å². The zero-order valence-corrected chi connectivity index (χ0v) is 43.9. The number of benzene rings is 4. The number of hydrogen-bond acceptors (Lipinski definition) is 13. The maximum Gasteiger partial charge on any atom is 0.294 e. The van der Waals surface area contributed by atoms with Crippen LogP contribution in [0, 0.1) is 11.8 Å². The highest BCUT2D eigenvalue weighted by molar-refractivity contribution is 7.85. The molecule has 71 heavy (non-hydrogen) atoms. The molecule has 2 amide bonds. The van der Waals surface area contributed by atoms with Crippen molar-refractivity contribution in [2.75, 3.05) is 37.5 Å². The van der Waals surface area contributed by atoms with E-state index in [0.717, 1.165) is 16.8 Å². The lowest BCUT2D eigenvalue weighted by atomic mass is 10.0. The number of carbonyl (C=O) groups excluding carboxylic acids is 2. The van der Waals surface area contributed by atoms with Crippen LogP contribution >= 0.6 is 0 Å². The second-order valence-electron chi connectivity index (χ2n) is 16.5. The number of anilines is 2. The minimum absolute atomic E-state index is 0.105. The molecule has 0 saturated heterocycles. The van der Waals surface area contributed by atoms with Crippen molar-refractivity contribution in [2.45, 2.75) is 105 Å². The Morgan fingerprint density at radius 3 is 1.32 bits per heavy atom. The standard InChI is InChI=1S/C39H36N4O12S2.2C7H16/c1-24-32(38(44)42(40-24)28-8-12-30(13-9-28)55-56(46)47)20-26-6-16-34(36(22-26)51-3)53-18-5-19-54-35-17-7-27(23-37(35)52-4)21-33-25(2)41-43(39(33)45)29-10-14-31(15-11-29)57(48,49)50;2*1-4-7(5-2)6-3/h6-17,20-23H,5,18-19H2,1-4H3,(H,46,47)(H,48,49,50);2*7H,4-6H2,1-3H3/p-1/b32-20+,33-21+;;. The number of hydrogen-bond donors (Lipinski definition) is 1. The summed E-state index contributed by atoms with van der Waals surface area (Å²) in [4.78, 5) is 26.2. The zero-order chi connectivity index (χ0) is 52.3. The van der Waals surface area contributed by atoms with Gasteiger partial charge < -0.3 is 27.7 Å². The third kappa shape index (κ3) is 16.4. The number of amides is 2. The molecule has 2 aliphatic rings. The highest BCUT2D eigenvalue weighted by Crippen LogP contribution is 2.33. The Morgan fingerprint density at radius 1 is 0.620 bits per heavy atom. The van der Waals surface area contributed by atoms with Crippen molar-refractivity contribution >= 4 is 68.2 Å². The number of nitrogens with zero attached hydrogens (tertiary/aromatic N) is 4. The van der Waals surface area contributed by atoms with Crippen LogP contribution in [0.1, 0.15) is 111 Å². The summed E-state index contributed by atoms with van der Waals surface area (Å²) in [6.45, 7) is 17.6. The van der Waals surface area contributed by atoms with Gasteiger partial charge in [0.25, 0.3) is 21.9 Å². The molecular formula is C53H67N4O12S2-. The SMILES string of the molecule is CCC(CC)CC.CCC(CC)CC.COc1cc(/C=C2/C(=O)N(c3ccc(OS(=O)[O-])cc3)N=C2C)ccc1OCCCOc1ccc(/C=C2/C(=O)N(c3ccc(S(=O)(=O)O)cc3)N=C2C)cc1OC. The Morgan fingerprint density at radius 2 is 1.00 bits per heavy atom. The minimum atomic E-state index is -4.38. The normalized spacial score (nSPS) is 15.0. The molecule has 0 saturated carbocycles. The zero-order valence-electron chi connectivity index (χ0n) is 42.3. The first kappa shape index (κ1) is 57.2. The highest BCUT2D eigenvalue weighted by Gasteiger charge is 2.30. The summed E-state index contributed by atoms with van der Waals surface area (Å²) in [7, 11) is -1.36. The Hall–Kier alpha value is -6.34. The van der Waals surface area contributed by atoms with Crippen molar-refractivity contribution in [2.24, 2.45) is 22.0 Å². The minimum Gasteiger partial charge on any atom is -0.740 e. The number of carbonyl (C=O) groups is 2. The van der Waals surface area contributed by atoms with Crippen molar-refractivity contribution in [1.29, 1.82) is 0 Å². The van der Waals surface area contributed by atoms with Crippen LogP contribution in [-0.4, -0.2) is 72.4 Å². The maximum atomic E-state index is 13.2. The summed E-state index contributed by atoms with van der Waals surface area (Å²) in [5.74, 6) is 3.19. The lowest BCUT2D eigenvalue weighted by Gasteiger charge is -2.14. The van der Waals surface area contributed by atoms with E-state index in [0.29, 0.717) is 87.7 Å². The lowest BCUT2D eigenvalue weighted by molar-refractivity contribution is -0.115. The van der Waals surface area contributed by atoms with E-state index >= 15 is 0 Å². The van der Waals surface area contributed by atoms with Gasteiger partial charge in [0.15, 0.2) is 23.0 Å². The van der Waals surface area contributed by atoms with E-state index in [1.54, 1.807) is 62.4 Å². The Labute approximate surface area is 421 Å². The fraction of sp³-hybridized carbons (Fsp3) is 0.396. The molecular weight excluding hydrogens is 949 g/mol. The predicted molar refractivity (Wildman–Crippen MR) is 280 cm³/mol. The first-order valence-corrected chi connectivity index (χ1v) is 26.2. The Kier molecular flexibility index (Phi) is 22.5. The van der Waals surface area contributed by atoms with E-state index in [2.05, 4.69) is 55.9 Å². The summed E-state index contributed by atoms with van der Waals surface area (Å²) in [6.07, 6.45) is 12.0. The van der Waals surface area contributed by atoms with Crippen molar-refractivity contribution in [3.05, 3.63) is 107 Å². The average molecular weight is 1020 g/mol. The first-order valence-electron chi connectivity index (χ1n) is 23.8. The van der Waals surface area contributed by atoms with Crippen LogP contribution < -0.4 is 33.1 Å². The van der Waals surface area contributed by atoms with Crippen LogP contribution in [0.25, 0.3) is 12.2 Å². The molecule has 0 aliphatic carbocycles. The Balaban J connectivity index is 0.000000683. The fourth-order valence-corrected chi connectivity index (χ4v) is 8.22. The molecule has 6 rings (SSSR count). The van der Waals surface area contributed by atoms with E-state index in [-0.39, 0.29) is 16.6 Å². The van der Waals surface area contributed by atoms with Gasteiger partial charge in [0.2, 0.25) is 0 Å². The molecule has 0 aromatic heterocycles. The summed E-state index contributed by atoms with van der Waals surface area (Å²) < 4.78 is 81.3. The third-order valence-corrected chi connectivity index (χ3v) is 13.2. The molecule has 0 fully saturated rings. The molecule has 384 valence electrons. The number of ether oxygens (including phenoxy) is 4. The summed E-state index contributed by atoms with van der Waals surface area (Å²) in [6, 6.07) is 21.5. The van der Waals surface area contributed by atoms with Gasteiger partial charge in [0, 0.05) is 6.42 Å². The quantitative estimate of drug-likeness (QED) is 0.0358. The number of rotatable bonds is 21. The van der Waals surface area contributed by atoms with Gasteiger partial charge in [-0.2, -0.15) is 28.6 Å². The number of methoxy groups -OCH3 is 2. The van der Waals surface area contributed by atoms with Crippen molar-refractivity contribution in [3.63, 3.8) is 0 Å². The fourth-order valence-electron chi connectivity index (χ4n) is 7.47. The van der Waals surface area contributed by atoms with E-state index in [9.17, 15) is 31.3 Å². The van der Waals surface area contributed by atoms with Gasteiger partial charge in [-0.25, -0.2) is 4.21 Å². The maximum absolute atomic E-state index is 13.2. The highest BCUT2D eigenvalue weighted by atomic mass is 32.2. The molecule has 4 aromatic rings. The van der Waals surface area contributed by atoms with Gasteiger partial charge in [-0.15, -0.1) is 0 Å². The molecule has 2 heterocycles. The van der Waals surface area contributed by atoms with E-state index in [1.165, 1.54) is 106 Å². The summed E-state index contributed by atoms with van der Waals surface area (Å²) in [5, 5.41) is 11.1. The molecule has 1 atom stereocenters. The lowest BCUT2D eigenvalue weighted by Crippen LogP contribution is -2.21. The first-order chi connectivity index (χ1) is 33.9. The van der Waals surface area contributed by atoms with Crippen molar-refractivity contribution in [3.8, 4) is 28.7 Å². The molecule has 1 N–H and O–H groups in total. The van der Waals surface area contributed by atoms with E-state index in [1.807, 2.05) is 0 Å². The van der Waals surface area contributed by atoms with Crippen LogP contribution in [0.3, 0.4) is 0 Å². The van der Waals surface area contributed by atoms with E-state index < -0.39 is 27.4 Å². The largest absolute Gasteiger partial charge is 0.740 e. The van der Waals surface area contributed by atoms with Gasteiger partial charge in [0.05, 0.1) is 66.3 Å². The van der Waals surface area contributed by atoms with Crippen LogP contribution in [0.5, 0.6) is 28.7 Å². The second-order valence-corrected chi connectivity index (χ2v) is 18.5. The Bertz CT molecular complexity index is 2650. The van der Waals surface area contributed by atoms with Gasteiger partial charge in [0.1, 0.15) is 17.1 Å². The topological polar surface area (TPSA) is 206 Å². The molecule has 0 radical (unpaired) electrons. The van der Waals surface area contributed by atoms with Crippen LogP contribution in [-0.2, 0) is 31.1 Å². The van der Waals surface area contributed by atoms with Crippen LogP contribution in [0.15, 0.2) is 111 Å². The third-order valence-electron chi connectivity index (χ3n) is 12.0. The molecule has 0 spiro atoms. The molecule has 4 aromatic carbocycles. The van der Waals surface area contributed by atoms with Gasteiger partial charge in [-0.3, -0.25) is 14.1 Å². The summed E-state index contributed by atoms with van der Waals surface area (Å²) in [5.41, 5.74) is 3.77. The van der Waals surface area contributed by atoms with E-state index in [4.69, 9.17) is 18.9 Å². The predicted octanol–water partition coefficient (Wildman–Crippen LogP) is 11.2. The van der Waals surface area contributed by atoms with Crippen LogP contribution in [0.4, 0.5) is 11.4 Å². The second kappa shape index (κ2) is 27.9. The molecule has 2 aliphatic heterocycles. The van der Waals surface area contributed by atoms with Gasteiger partial charge in [-0.05, 0) is 122 Å². The molecule has 1 unspecified atom stereocenters. The number of hydrazone groups is 2. The molecule has 0 bridgehead atoms.